The summed E-state index contributed by atoms with van der Waals surface area (Å²) in [6.45, 7) is 1.94. The average Bonchev–Trinajstić information content (AvgIpc) is 3.01. The molecule has 0 aromatic carbocycles. The van der Waals surface area contributed by atoms with Crippen molar-refractivity contribution in [1.82, 2.24) is 20.5 Å². The number of nitrogens with one attached hydrogen (secondary N) is 3. The number of aromatic nitrogens is 3. The van der Waals surface area contributed by atoms with E-state index in [-0.39, 0.29) is 18.2 Å². The van der Waals surface area contributed by atoms with Crippen LogP contribution in [0.3, 0.4) is 0 Å². The summed E-state index contributed by atoms with van der Waals surface area (Å²) in [4.78, 5) is 15.7. The van der Waals surface area contributed by atoms with Gasteiger partial charge in [-0.3, -0.25) is 5.10 Å². The van der Waals surface area contributed by atoms with Gasteiger partial charge in [0, 0.05) is 23.9 Å². The maximum Gasteiger partial charge on any atom is 0.407 e. The number of pyridine rings is 1. The number of carbonyl (C=O) groups excluding carboxylic acids is 1. The molecule has 25 heavy (non-hydrogen) atoms. The fraction of sp³-hybridized carbons (Fsp3) is 0.471. The minimum atomic E-state index is -0.376. The Morgan fingerprint density at radius 1 is 1.24 bits per heavy atom. The van der Waals surface area contributed by atoms with Crippen LogP contribution in [0.4, 0.5) is 16.4 Å². The normalized spacial score (nSPS) is 19.9. The third kappa shape index (κ3) is 4.85. The Morgan fingerprint density at radius 3 is 2.72 bits per heavy atom. The van der Waals surface area contributed by atoms with Gasteiger partial charge in [0.2, 0.25) is 5.88 Å². The van der Waals surface area contributed by atoms with Gasteiger partial charge in [0.15, 0.2) is 5.82 Å². The zero-order chi connectivity index (χ0) is 17.6. The van der Waals surface area contributed by atoms with Gasteiger partial charge in [-0.1, -0.05) is 6.07 Å². The Hall–Kier alpha value is -2.77. The molecule has 134 valence electrons. The molecule has 0 aliphatic heterocycles. The highest BCUT2D eigenvalue weighted by molar-refractivity contribution is 5.67. The molecular weight excluding hydrogens is 322 g/mol. The maximum atomic E-state index is 11.3. The van der Waals surface area contributed by atoms with Crippen LogP contribution >= 0.6 is 0 Å². The number of hydrogen-bond donors (Lipinski definition) is 3. The lowest BCUT2D eigenvalue weighted by molar-refractivity contribution is 0.125. The Bertz CT molecular complexity index is 710. The van der Waals surface area contributed by atoms with E-state index in [9.17, 15) is 4.79 Å². The van der Waals surface area contributed by atoms with Crippen molar-refractivity contribution >= 4 is 17.7 Å². The number of methoxy groups -OCH3 is 1. The third-order valence-electron chi connectivity index (χ3n) is 4.15. The van der Waals surface area contributed by atoms with Crippen molar-refractivity contribution in [3.8, 4) is 5.88 Å². The first kappa shape index (κ1) is 17.1. The van der Waals surface area contributed by atoms with Crippen molar-refractivity contribution in [3.05, 3.63) is 30.0 Å². The van der Waals surface area contributed by atoms with Gasteiger partial charge in [-0.2, -0.15) is 10.1 Å². The highest BCUT2D eigenvalue weighted by Gasteiger charge is 2.24. The lowest BCUT2D eigenvalue weighted by Crippen LogP contribution is -2.39. The topological polar surface area (TPSA) is 101 Å². The fourth-order valence-electron chi connectivity index (χ4n) is 2.88. The molecule has 1 saturated carbocycles. The molecule has 2 aromatic heterocycles. The van der Waals surface area contributed by atoms with Gasteiger partial charge in [-0.05, 0) is 38.7 Å². The van der Waals surface area contributed by atoms with E-state index >= 15 is 0 Å². The summed E-state index contributed by atoms with van der Waals surface area (Å²) >= 11 is 0. The van der Waals surface area contributed by atoms with Crippen LogP contribution in [0, 0.1) is 6.92 Å². The SMILES string of the molecule is COC(=O)NC1CCC(Oc2cccc(Nc3cc(C)[nH]n3)n2)CC1. The van der Waals surface area contributed by atoms with Crippen molar-refractivity contribution in [2.24, 2.45) is 0 Å². The molecule has 0 bridgehead atoms. The number of aryl methyl sites for hydroxylation is 1. The van der Waals surface area contributed by atoms with Gasteiger partial charge in [0.25, 0.3) is 0 Å². The van der Waals surface area contributed by atoms with E-state index < -0.39 is 0 Å². The van der Waals surface area contributed by atoms with E-state index in [4.69, 9.17) is 4.74 Å². The van der Waals surface area contributed by atoms with Crippen molar-refractivity contribution in [2.45, 2.75) is 44.8 Å². The van der Waals surface area contributed by atoms with Crippen molar-refractivity contribution < 1.29 is 14.3 Å². The first-order valence-corrected chi connectivity index (χ1v) is 8.39. The number of carbonyl (C=O) groups is 1. The third-order valence-corrected chi connectivity index (χ3v) is 4.15. The van der Waals surface area contributed by atoms with E-state index in [1.54, 1.807) is 0 Å². The zero-order valence-corrected chi connectivity index (χ0v) is 14.4. The minimum Gasteiger partial charge on any atom is -0.474 e. The lowest BCUT2D eigenvalue weighted by atomic mass is 9.93. The van der Waals surface area contributed by atoms with Gasteiger partial charge in [0.05, 0.1) is 7.11 Å². The number of hydrogen-bond acceptors (Lipinski definition) is 6. The molecule has 2 heterocycles. The Morgan fingerprint density at radius 2 is 2.04 bits per heavy atom. The van der Waals surface area contributed by atoms with Crippen LogP contribution in [0.15, 0.2) is 24.3 Å². The summed E-state index contributed by atoms with van der Waals surface area (Å²) in [7, 11) is 1.38. The van der Waals surface area contributed by atoms with Crippen LogP contribution in [-0.2, 0) is 4.74 Å². The molecule has 0 unspecified atom stereocenters. The second-order valence-electron chi connectivity index (χ2n) is 6.15. The smallest absolute Gasteiger partial charge is 0.407 e. The molecule has 1 aliphatic carbocycles. The first-order chi connectivity index (χ1) is 12.1. The van der Waals surface area contributed by atoms with Crippen LogP contribution in [0.2, 0.25) is 0 Å². The quantitative estimate of drug-likeness (QED) is 0.770. The molecule has 1 aliphatic rings. The largest absolute Gasteiger partial charge is 0.474 e. The van der Waals surface area contributed by atoms with Crippen LogP contribution < -0.4 is 15.4 Å². The molecule has 3 N–H and O–H groups in total. The predicted octanol–water partition coefficient (Wildman–Crippen LogP) is 2.90. The lowest BCUT2D eigenvalue weighted by Gasteiger charge is -2.28. The monoisotopic (exact) mass is 345 g/mol. The molecule has 0 atom stereocenters. The van der Waals surface area contributed by atoms with Gasteiger partial charge < -0.3 is 20.1 Å². The summed E-state index contributed by atoms with van der Waals surface area (Å²) in [5.41, 5.74) is 0.979. The number of alkyl carbamates (subject to hydrolysis) is 1. The number of anilines is 2. The van der Waals surface area contributed by atoms with Crippen molar-refractivity contribution in [3.63, 3.8) is 0 Å². The first-order valence-electron chi connectivity index (χ1n) is 8.39. The van der Waals surface area contributed by atoms with E-state index in [1.165, 1.54) is 7.11 Å². The summed E-state index contributed by atoms with van der Waals surface area (Å²) in [5, 5.41) is 13.0. The molecule has 0 saturated heterocycles. The van der Waals surface area contributed by atoms with E-state index in [1.807, 2.05) is 31.2 Å². The van der Waals surface area contributed by atoms with Crippen LogP contribution in [-0.4, -0.2) is 40.5 Å². The van der Waals surface area contributed by atoms with E-state index in [2.05, 4.69) is 30.6 Å². The summed E-state index contributed by atoms with van der Waals surface area (Å²) < 4.78 is 10.6. The highest BCUT2D eigenvalue weighted by Crippen LogP contribution is 2.24. The number of rotatable bonds is 5. The van der Waals surface area contributed by atoms with Crippen molar-refractivity contribution in [2.75, 3.05) is 12.4 Å². The molecule has 2 aromatic rings. The van der Waals surface area contributed by atoms with Crippen LogP contribution in [0.1, 0.15) is 31.4 Å². The molecule has 0 spiro atoms. The molecule has 0 radical (unpaired) electrons. The number of ether oxygens (including phenoxy) is 2. The number of H-pyrrole nitrogens is 1. The standard InChI is InChI=1S/C17H23N5O3/c1-11-10-15(22-21-11)19-14-4-3-5-16(20-14)25-13-8-6-12(7-9-13)18-17(23)24-2/h3-5,10,12-13H,6-9H2,1-2H3,(H,18,23)(H2,19,20,21,22). The summed E-state index contributed by atoms with van der Waals surface area (Å²) in [6, 6.07) is 7.67. The number of aromatic amines is 1. The number of nitrogens with zero attached hydrogens (tertiary/aromatic N) is 2. The fourth-order valence-corrected chi connectivity index (χ4v) is 2.88. The Labute approximate surface area is 146 Å². The van der Waals surface area contributed by atoms with Crippen LogP contribution in [0.25, 0.3) is 0 Å². The Kier molecular flexibility index (Phi) is 5.37. The zero-order valence-electron chi connectivity index (χ0n) is 14.4. The summed E-state index contributed by atoms with van der Waals surface area (Å²) in [5.74, 6) is 1.99. The molecule has 8 heteroatoms. The highest BCUT2D eigenvalue weighted by atomic mass is 16.5. The molecule has 1 fully saturated rings. The van der Waals surface area contributed by atoms with Crippen molar-refractivity contribution in [1.29, 1.82) is 0 Å². The predicted molar refractivity (Wildman–Crippen MR) is 93.1 cm³/mol. The number of amides is 1. The van der Waals surface area contributed by atoms with E-state index in [0.717, 1.165) is 37.2 Å². The molecule has 1 amide bonds. The molecule has 8 nitrogen and oxygen atoms in total. The van der Waals surface area contributed by atoms with Gasteiger partial charge in [-0.15, -0.1) is 0 Å². The maximum absolute atomic E-state index is 11.3. The second-order valence-corrected chi connectivity index (χ2v) is 6.15. The van der Waals surface area contributed by atoms with E-state index in [0.29, 0.717) is 11.7 Å². The molecular formula is C17H23N5O3. The summed E-state index contributed by atoms with van der Waals surface area (Å²) in [6.07, 6.45) is 3.19. The average molecular weight is 345 g/mol. The molecule has 3 rings (SSSR count). The van der Waals surface area contributed by atoms with Gasteiger partial charge in [0.1, 0.15) is 11.9 Å². The Balaban J connectivity index is 1.52. The van der Waals surface area contributed by atoms with Gasteiger partial charge in [-0.25, -0.2) is 4.79 Å². The minimum absolute atomic E-state index is 0.103. The second kappa shape index (κ2) is 7.87. The van der Waals surface area contributed by atoms with Crippen LogP contribution in [0.5, 0.6) is 5.88 Å². The van der Waals surface area contributed by atoms with Gasteiger partial charge >= 0.3 is 6.09 Å².